The number of carbonyl (C=O) groups excluding carboxylic acids is 1. The molecule has 4 rings (SSSR count). The number of para-hydroxylation sites is 2. The van der Waals surface area contributed by atoms with Crippen molar-refractivity contribution in [2.75, 3.05) is 0 Å². The highest BCUT2D eigenvalue weighted by Crippen LogP contribution is 2.47. The Morgan fingerprint density at radius 3 is 1.92 bits per heavy atom. The topological polar surface area (TPSA) is 26.3 Å². The molecule has 0 spiro atoms. The van der Waals surface area contributed by atoms with E-state index in [9.17, 15) is 4.79 Å². The summed E-state index contributed by atoms with van der Waals surface area (Å²) in [5.74, 6) is 1.59. The second-order valence-electron chi connectivity index (χ2n) is 6.15. The molecule has 0 bridgehead atoms. The van der Waals surface area contributed by atoms with Crippen LogP contribution < -0.4 is 4.74 Å². The van der Waals surface area contributed by atoms with E-state index < -0.39 is 0 Å². The van der Waals surface area contributed by atoms with Gasteiger partial charge in [-0.25, -0.2) is 0 Å². The van der Waals surface area contributed by atoms with Crippen molar-refractivity contribution in [1.82, 2.24) is 0 Å². The van der Waals surface area contributed by atoms with Crippen molar-refractivity contribution in [3.05, 3.63) is 95.6 Å². The predicted octanol–water partition coefficient (Wildman–Crippen LogP) is 4.98. The van der Waals surface area contributed by atoms with Crippen molar-refractivity contribution in [3.8, 4) is 11.5 Å². The summed E-state index contributed by atoms with van der Waals surface area (Å²) < 4.78 is 6.04. The van der Waals surface area contributed by atoms with Gasteiger partial charge in [-0.3, -0.25) is 0 Å². The number of ether oxygens (including phenoxy) is 1. The van der Waals surface area contributed by atoms with Gasteiger partial charge in [0.2, 0.25) is 0 Å². The summed E-state index contributed by atoms with van der Waals surface area (Å²) in [6.07, 6.45) is 1.81. The molecule has 0 amide bonds. The minimum atomic E-state index is -0.126. The molecular formula is C22H18O2. The maximum absolute atomic E-state index is 12.0. The minimum Gasteiger partial charge on any atom is -0.457 e. The summed E-state index contributed by atoms with van der Waals surface area (Å²) in [6.45, 7) is 0. The van der Waals surface area contributed by atoms with Gasteiger partial charge in [-0.05, 0) is 24.1 Å². The third kappa shape index (κ3) is 2.61. The Bertz CT molecular complexity index is 809. The van der Waals surface area contributed by atoms with Crippen molar-refractivity contribution in [2.24, 2.45) is 5.92 Å². The van der Waals surface area contributed by atoms with Gasteiger partial charge in [0.1, 0.15) is 17.8 Å². The minimum absolute atomic E-state index is 0.0175. The lowest BCUT2D eigenvalue weighted by Crippen LogP contribution is -2.22. The van der Waals surface area contributed by atoms with Crippen LogP contribution in [0.2, 0.25) is 0 Å². The third-order valence-electron chi connectivity index (χ3n) is 4.65. The maximum atomic E-state index is 12.0. The molecule has 0 saturated carbocycles. The summed E-state index contributed by atoms with van der Waals surface area (Å²) in [6, 6.07) is 26.2. The second-order valence-corrected chi connectivity index (χ2v) is 6.15. The average molecular weight is 314 g/mol. The van der Waals surface area contributed by atoms with E-state index in [1.807, 2.05) is 54.6 Å². The van der Waals surface area contributed by atoms with Gasteiger partial charge < -0.3 is 9.53 Å². The number of aldehydes is 1. The maximum Gasteiger partial charge on any atom is 0.131 e. The first kappa shape index (κ1) is 14.7. The Morgan fingerprint density at radius 2 is 1.33 bits per heavy atom. The Morgan fingerprint density at radius 1 is 0.792 bits per heavy atom. The Kier molecular flexibility index (Phi) is 3.87. The van der Waals surface area contributed by atoms with Gasteiger partial charge in [0, 0.05) is 23.0 Å². The smallest absolute Gasteiger partial charge is 0.131 e. The monoisotopic (exact) mass is 314 g/mol. The van der Waals surface area contributed by atoms with Gasteiger partial charge in [0.25, 0.3) is 0 Å². The molecule has 3 aromatic carbocycles. The number of carbonyl (C=O) groups is 1. The number of hydrogen-bond acceptors (Lipinski definition) is 2. The highest BCUT2D eigenvalue weighted by molar-refractivity contribution is 5.63. The summed E-state index contributed by atoms with van der Waals surface area (Å²) in [5, 5.41) is 0. The van der Waals surface area contributed by atoms with Crippen LogP contribution in [0.5, 0.6) is 11.5 Å². The first-order chi connectivity index (χ1) is 11.9. The van der Waals surface area contributed by atoms with Gasteiger partial charge in [0.05, 0.1) is 0 Å². The number of hydrogen-bond donors (Lipinski definition) is 0. The quantitative estimate of drug-likeness (QED) is 0.635. The molecule has 0 radical (unpaired) electrons. The Balaban J connectivity index is 1.79. The van der Waals surface area contributed by atoms with Crippen molar-refractivity contribution < 1.29 is 9.53 Å². The summed E-state index contributed by atoms with van der Waals surface area (Å²) in [5.41, 5.74) is 3.35. The first-order valence-corrected chi connectivity index (χ1v) is 8.22. The highest BCUT2D eigenvalue weighted by atomic mass is 16.5. The van der Waals surface area contributed by atoms with E-state index in [-0.39, 0.29) is 11.8 Å². The van der Waals surface area contributed by atoms with Crippen molar-refractivity contribution in [1.29, 1.82) is 0 Å². The van der Waals surface area contributed by atoms with Crippen LogP contribution in [-0.2, 0) is 11.2 Å². The molecule has 0 saturated heterocycles. The Labute approximate surface area is 141 Å². The number of rotatable bonds is 4. The lowest BCUT2D eigenvalue weighted by Gasteiger charge is -2.31. The molecule has 2 nitrogen and oxygen atoms in total. The van der Waals surface area contributed by atoms with Crippen molar-refractivity contribution >= 4 is 6.29 Å². The first-order valence-electron chi connectivity index (χ1n) is 8.22. The molecule has 1 aliphatic heterocycles. The molecule has 1 heterocycles. The van der Waals surface area contributed by atoms with E-state index in [1.54, 1.807) is 0 Å². The lowest BCUT2D eigenvalue weighted by molar-refractivity contribution is -0.111. The molecular weight excluding hydrogens is 296 g/mol. The van der Waals surface area contributed by atoms with Gasteiger partial charge in [-0.2, -0.15) is 0 Å². The predicted molar refractivity (Wildman–Crippen MR) is 94.5 cm³/mol. The highest BCUT2D eigenvalue weighted by Gasteiger charge is 2.33. The molecule has 0 unspecified atom stereocenters. The second kappa shape index (κ2) is 6.32. The molecule has 2 heteroatoms. The number of benzene rings is 3. The van der Waals surface area contributed by atoms with E-state index >= 15 is 0 Å². The van der Waals surface area contributed by atoms with E-state index in [4.69, 9.17) is 4.74 Å². The van der Waals surface area contributed by atoms with Crippen LogP contribution in [0.4, 0.5) is 0 Å². The van der Waals surface area contributed by atoms with Crippen LogP contribution in [0.3, 0.4) is 0 Å². The summed E-state index contributed by atoms with van der Waals surface area (Å²) in [4.78, 5) is 12.0. The van der Waals surface area contributed by atoms with Crippen molar-refractivity contribution in [2.45, 2.75) is 12.3 Å². The van der Waals surface area contributed by atoms with Crippen LogP contribution >= 0.6 is 0 Å². The third-order valence-corrected chi connectivity index (χ3v) is 4.65. The van der Waals surface area contributed by atoms with E-state index in [0.29, 0.717) is 0 Å². The fourth-order valence-electron chi connectivity index (χ4n) is 3.54. The standard InChI is InChI=1S/C22H18O2/c23-15-17(14-16-8-2-1-3-9-16)22-18-10-4-6-12-20(18)24-21-13-7-5-11-19(21)22/h1-13,15,17,22H,14H2/t17-/m0/s1. The van der Waals surface area contributed by atoms with Gasteiger partial charge in [0.15, 0.2) is 0 Å². The molecule has 1 atom stereocenters. The molecule has 24 heavy (non-hydrogen) atoms. The average Bonchev–Trinajstić information content (AvgIpc) is 2.65. The molecule has 0 aromatic heterocycles. The SMILES string of the molecule is O=C[C@H](Cc1ccccc1)C1c2ccccc2Oc2ccccc21. The zero-order valence-corrected chi connectivity index (χ0v) is 13.3. The zero-order chi connectivity index (χ0) is 16.4. The van der Waals surface area contributed by atoms with Gasteiger partial charge in [-0.1, -0.05) is 66.7 Å². The lowest BCUT2D eigenvalue weighted by atomic mass is 9.77. The fraction of sp³-hybridized carbons (Fsp3) is 0.136. The Hall–Kier alpha value is -2.87. The largest absolute Gasteiger partial charge is 0.457 e. The van der Waals surface area contributed by atoms with Crippen LogP contribution in [-0.4, -0.2) is 6.29 Å². The zero-order valence-electron chi connectivity index (χ0n) is 13.3. The summed E-state index contributed by atoms with van der Waals surface area (Å²) in [7, 11) is 0. The van der Waals surface area contributed by atoms with Crippen LogP contribution in [0, 0.1) is 5.92 Å². The van der Waals surface area contributed by atoms with Crippen LogP contribution in [0.1, 0.15) is 22.6 Å². The van der Waals surface area contributed by atoms with E-state index in [1.165, 1.54) is 5.56 Å². The van der Waals surface area contributed by atoms with Gasteiger partial charge >= 0.3 is 0 Å². The molecule has 0 aliphatic carbocycles. The van der Waals surface area contributed by atoms with Crippen LogP contribution in [0.25, 0.3) is 0 Å². The molecule has 118 valence electrons. The molecule has 1 aliphatic rings. The fourth-order valence-corrected chi connectivity index (χ4v) is 3.54. The molecule has 0 N–H and O–H groups in total. The van der Waals surface area contributed by atoms with Crippen LogP contribution in [0.15, 0.2) is 78.9 Å². The molecule has 0 fully saturated rings. The summed E-state index contributed by atoms with van der Waals surface area (Å²) >= 11 is 0. The van der Waals surface area contributed by atoms with Crippen molar-refractivity contribution in [3.63, 3.8) is 0 Å². The normalized spacial score (nSPS) is 14.2. The van der Waals surface area contributed by atoms with E-state index in [2.05, 4.69) is 24.3 Å². The van der Waals surface area contributed by atoms with E-state index in [0.717, 1.165) is 35.3 Å². The number of fused-ring (bicyclic) bond motifs is 2. The van der Waals surface area contributed by atoms with Gasteiger partial charge in [-0.15, -0.1) is 0 Å². The molecule has 3 aromatic rings.